The summed E-state index contributed by atoms with van der Waals surface area (Å²) in [5.74, 6) is 0.0534. The van der Waals surface area contributed by atoms with Crippen LogP contribution in [0.2, 0.25) is 0 Å². The average molecular weight is 290 g/mol. The molecule has 0 saturated heterocycles. The van der Waals surface area contributed by atoms with Crippen LogP contribution in [0, 0.1) is 0 Å². The van der Waals surface area contributed by atoms with Crippen molar-refractivity contribution < 1.29 is 9.90 Å². The van der Waals surface area contributed by atoms with Crippen LogP contribution in [-0.4, -0.2) is 36.2 Å². The molecule has 1 saturated carbocycles. The lowest BCUT2D eigenvalue weighted by molar-refractivity contribution is -0.120. The summed E-state index contributed by atoms with van der Waals surface area (Å²) in [4.78, 5) is 14.3. The van der Waals surface area contributed by atoms with Crippen LogP contribution in [0.25, 0.3) is 0 Å². The van der Waals surface area contributed by atoms with Crippen LogP contribution in [-0.2, 0) is 4.79 Å². The monoisotopic (exact) mass is 290 g/mol. The number of hydrogen-bond donors (Lipinski definition) is 2. The lowest BCUT2D eigenvalue weighted by atomic mass is 10.1. The topological polar surface area (TPSA) is 52.6 Å². The van der Waals surface area contributed by atoms with Gasteiger partial charge < -0.3 is 15.3 Å². The quantitative estimate of drug-likeness (QED) is 0.810. The van der Waals surface area contributed by atoms with Gasteiger partial charge in [0.15, 0.2) is 0 Å². The number of carbonyl (C=O) groups excluding carboxylic acids is 1. The van der Waals surface area contributed by atoms with E-state index in [4.69, 9.17) is 0 Å². The molecule has 2 rings (SSSR count). The van der Waals surface area contributed by atoms with Gasteiger partial charge in [-0.1, -0.05) is 38.0 Å². The SMILES string of the molecule is CCC(CO)N(CC(=O)NC1CCCC1)c1ccccc1. The maximum absolute atomic E-state index is 12.3. The zero-order valence-electron chi connectivity index (χ0n) is 12.8. The number of hydrogen-bond acceptors (Lipinski definition) is 3. The average Bonchev–Trinajstić information content (AvgIpc) is 3.01. The second kappa shape index (κ2) is 8.03. The minimum Gasteiger partial charge on any atom is -0.394 e. The third-order valence-corrected chi connectivity index (χ3v) is 4.24. The third-order valence-electron chi connectivity index (χ3n) is 4.24. The Bertz CT molecular complexity index is 426. The summed E-state index contributed by atoms with van der Waals surface area (Å²) in [7, 11) is 0. The van der Waals surface area contributed by atoms with E-state index >= 15 is 0 Å². The Kier molecular flexibility index (Phi) is 6.05. The smallest absolute Gasteiger partial charge is 0.239 e. The largest absolute Gasteiger partial charge is 0.394 e. The van der Waals surface area contributed by atoms with Crippen LogP contribution < -0.4 is 10.2 Å². The van der Waals surface area contributed by atoms with Gasteiger partial charge in [-0.3, -0.25) is 4.79 Å². The van der Waals surface area contributed by atoms with Crippen LogP contribution in [0.5, 0.6) is 0 Å². The van der Waals surface area contributed by atoms with Crippen molar-refractivity contribution in [3.63, 3.8) is 0 Å². The molecule has 1 aromatic rings. The van der Waals surface area contributed by atoms with Gasteiger partial charge in [0.1, 0.15) is 0 Å². The summed E-state index contributed by atoms with van der Waals surface area (Å²) < 4.78 is 0. The maximum atomic E-state index is 12.3. The highest BCUT2D eigenvalue weighted by Crippen LogP contribution is 2.20. The molecule has 21 heavy (non-hydrogen) atoms. The van der Waals surface area contributed by atoms with Gasteiger partial charge in [0.05, 0.1) is 19.2 Å². The number of rotatable bonds is 7. The van der Waals surface area contributed by atoms with Crippen LogP contribution >= 0.6 is 0 Å². The molecule has 1 aromatic carbocycles. The van der Waals surface area contributed by atoms with Crippen LogP contribution in [0.15, 0.2) is 30.3 Å². The van der Waals surface area contributed by atoms with Crippen molar-refractivity contribution in [2.24, 2.45) is 0 Å². The lowest BCUT2D eigenvalue weighted by Crippen LogP contribution is -2.46. The molecule has 116 valence electrons. The molecular formula is C17H26N2O2. The molecular weight excluding hydrogens is 264 g/mol. The molecule has 1 amide bonds. The molecule has 4 heteroatoms. The van der Waals surface area contributed by atoms with E-state index in [9.17, 15) is 9.90 Å². The molecule has 2 N–H and O–H groups in total. The number of aliphatic hydroxyl groups is 1. The fraction of sp³-hybridized carbons (Fsp3) is 0.588. The summed E-state index contributed by atoms with van der Waals surface area (Å²) in [6.45, 7) is 2.40. The Hall–Kier alpha value is -1.55. The van der Waals surface area contributed by atoms with Crippen molar-refractivity contribution >= 4 is 11.6 Å². The van der Waals surface area contributed by atoms with Crippen molar-refractivity contribution in [1.29, 1.82) is 0 Å². The fourth-order valence-corrected chi connectivity index (χ4v) is 3.00. The zero-order valence-corrected chi connectivity index (χ0v) is 12.8. The molecule has 0 heterocycles. The number of para-hydroxylation sites is 1. The first kappa shape index (κ1) is 15.8. The molecule has 1 aliphatic carbocycles. The zero-order chi connectivity index (χ0) is 15.1. The second-order valence-corrected chi connectivity index (χ2v) is 5.76. The Labute approximate surface area is 127 Å². The van der Waals surface area contributed by atoms with E-state index in [0.717, 1.165) is 24.9 Å². The van der Waals surface area contributed by atoms with Crippen molar-refractivity contribution in [2.45, 2.75) is 51.1 Å². The highest BCUT2D eigenvalue weighted by molar-refractivity contribution is 5.81. The molecule has 0 aromatic heterocycles. The molecule has 1 fully saturated rings. The van der Waals surface area contributed by atoms with Crippen molar-refractivity contribution in [3.05, 3.63) is 30.3 Å². The van der Waals surface area contributed by atoms with Gasteiger partial charge in [0, 0.05) is 11.7 Å². The van der Waals surface area contributed by atoms with Crippen LogP contribution in [0.3, 0.4) is 0 Å². The fourth-order valence-electron chi connectivity index (χ4n) is 3.00. The molecule has 4 nitrogen and oxygen atoms in total. The van der Waals surface area contributed by atoms with Gasteiger partial charge in [-0.25, -0.2) is 0 Å². The van der Waals surface area contributed by atoms with Crippen LogP contribution in [0.1, 0.15) is 39.0 Å². The predicted octanol–water partition coefficient (Wildman–Crippen LogP) is 2.32. The standard InChI is InChI=1S/C17H26N2O2/c1-2-15(13-20)19(16-10-4-3-5-11-16)12-17(21)18-14-8-6-7-9-14/h3-5,10-11,14-15,20H,2,6-9,12-13H2,1H3,(H,18,21). The third kappa shape index (κ3) is 4.46. The molecule has 0 spiro atoms. The van der Waals surface area contributed by atoms with E-state index in [1.165, 1.54) is 12.8 Å². The van der Waals surface area contributed by atoms with Crippen LogP contribution in [0.4, 0.5) is 5.69 Å². The normalized spacial score (nSPS) is 16.7. The number of benzene rings is 1. The van der Waals surface area contributed by atoms with Gasteiger partial charge in [-0.15, -0.1) is 0 Å². The number of aliphatic hydroxyl groups excluding tert-OH is 1. The van der Waals surface area contributed by atoms with Crippen molar-refractivity contribution in [1.82, 2.24) is 5.32 Å². The molecule has 1 atom stereocenters. The lowest BCUT2D eigenvalue weighted by Gasteiger charge is -2.32. The molecule has 0 bridgehead atoms. The molecule has 0 aliphatic heterocycles. The predicted molar refractivity (Wildman–Crippen MR) is 85.4 cm³/mol. The molecule has 1 unspecified atom stereocenters. The first-order valence-corrected chi connectivity index (χ1v) is 7.96. The number of carbonyl (C=O) groups is 1. The molecule has 0 radical (unpaired) electrons. The van der Waals surface area contributed by atoms with E-state index in [1.807, 2.05) is 42.2 Å². The van der Waals surface area contributed by atoms with Gasteiger partial charge >= 0.3 is 0 Å². The van der Waals surface area contributed by atoms with Crippen molar-refractivity contribution in [2.75, 3.05) is 18.1 Å². The summed E-state index contributed by atoms with van der Waals surface area (Å²) >= 11 is 0. The van der Waals surface area contributed by atoms with Gasteiger partial charge in [0.2, 0.25) is 5.91 Å². The maximum Gasteiger partial charge on any atom is 0.239 e. The summed E-state index contributed by atoms with van der Waals surface area (Å²) in [6, 6.07) is 10.2. The first-order valence-electron chi connectivity index (χ1n) is 7.96. The highest BCUT2D eigenvalue weighted by atomic mass is 16.3. The second-order valence-electron chi connectivity index (χ2n) is 5.76. The van der Waals surface area contributed by atoms with Crippen molar-refractivity contribution in [3.8, 4) is 0 Å². The highest BCUT2D eigenvalue weighted by Gasteiger charge is 2.22. The number of anilines is 1. The van der Waals surface area contributed by atoms with Gasteiger partial charge in [-0.2, -0.15) is 0 Å². The minimum absolute atomic E-state index is 0.0262. The summed E-state index contributed by atoms with van der Waals surface area (Å²) in [6.07, 6.45) is 5.41. The Morgan fingerprint density at radius 2 is 2.00 bits per heavy atom. The van der Waals surface area contributed by atoms with E-state index in [2.05, 4.69) is 5.32 Å². The Morgan fingerprint density at radius 3 is 2.57 bits per heavy atom. The number of nitrogens with one attached hydrogen (secondary N) is 1. The minimum atomic E-state index is -0.0262. The molecule has 1 aliphatic rings. The Morgan fingerprint density at radius 1 is 1.33 bits per heavy atom. The Balaban J connectivity index is 2.03. The summed E-state index contributed by atoms with van der Waals surface area (Å²) in [5, 5.41) is 12.7. The summed E-state index contributed by atoms with van der Waals surface area (Å²) in [5.41, 5.74) is 0.986. The van der Waals surface area contributed by atoms with Gasteiger partial charge in [-0.05, 0) is 31.4 Å². The number of amides is 1. The van der Waals surface area contributed by atoms with E-state index < -0.39 is 0 Å². The van der Waals surface area contributed by atoms with E-state index in [0.29, 0.717) is 12.6 Å². The first-order chi connectivity index (χ1) is 10.2. The number of nitrogens with zero attached hydrogens (tertiary/aromatic N) is 1. The van der Waals surface area contributed by atoms with E-state index in [-0.39, 0.29) is 18.6 Å². The van der Waals surface area contributed by atoms with Gasteiger partial charge in [0.25, 0.3) is 0 Å². The van der Waals surface area contributed by atoms with E-state index in [1.54, 1.807) is 0 Å².